The van der Waals surface area contributed by atoms with Crippen LogP contribution < -0.4 is 5.32 Å². The molecule has 2 amide bonds. The lowest BCUT2D eigenvalue weighted by Crippen LogP contribution is -2.56. The average Bonchev–Trinajstić information content (AvgIpc) is 2.84. The molecule has 152 valence electrons. The smallest absolute Gasteiger partial charge is 0.254 e. The number of rotatable bonds is 4. The maximum absolute atomic E-state index is 13.6. The fraction of sp³-hybridized carbons (Fsp3) is 0.240. The van der Waals surface area contributed by atoms with Gasteiger partial charge in [-0.05, 0) is 42.2 Å². The van der Waals surface area contributed by atoms with E-state index in [1.807, 2.05) is 72.8 Å². The average molecular weight is 399 g/mol. The molecule has 0 unspecified atom stereocenters. The number of carbonyl (C=O) groups is 2. The van der Waals surface area contributed by atoms with E-state index in [1.165, 1.54) is 0 Å². The van der Waals surface area contributed by atoms with Gasteiger partial charge in [0.15, 0.2) is 0 Å². The lowest BCUT2D eigenvalue weighted by molar-refractivity contribution is -0.128. The highest BCUT2D eigenvalue weighted by Gasteiger charge is 2.45. The van der Waals surface area contributed by atoms with Crippen LogP contribution in [0.4, 0.5) is 0 Å². The number of benzene rings is 2. The SMILES string of the molecule is CNC(=O)[C@]1(c2ccccn2)CCCN(C(=O)c2ccccc2-c2ccccc2)C1. The molecule has 0 radical (unpaired) electrons. The van der Waals surface area contributed by atoms with Gasteiger partial charge in [0.1, 0.15) is 5.41 Å². The molecule has 30 heavy (non-hydrogen) atoms. The Kier molecular flexibility index (Phi) is 5.61. The summed E-state index contributed by atoms with van der Waals surface area (Å²) in [5.41, 5.74) is 2.42. The number of nitrogens with one attached hydrogen (secondary N) is 1. The Morgan fingerprint density at radius 3 is 2.43 bits per heavy atom. The maximum Gasteiger partial charge on any atom is 0.254 e. The van der Waals surface area contributed by atoms with Gasteiger partial charge in [-0.3, -0.25) is 14.6 Å². The van der Waals surface area contributed by atoms with E-state index in [1.54, 1.807) is 18.1 Å². The van der Waals surface area contributed by atoms with Gasteiger partial charge < -0.3 is 10.2 Å². The minimum Gasteiger partial charge on any atom is -0.358 e. The van der Waals surface area contributed by atoms with Crippen LogP contribution in [0, 0.1) is 0 Å². The lowest BCUT2D eigenvalue weighted by Gasteiger charge is -2.41. The minimum absolute atomic E-state index is 0.0571. The van der Waals surface area contributed by atoms with Crippen LogP contribution in [0.5, 0.6) is 0 Å². The van der Waals surface area contributed by atoms with Gasteiger partial charge in [0.25, 0.3) is 5.91 Å². The topological polar surface area (TPSA) is 62.3 Å². The molecule has 1 aromatic heterocycles. The Labute approximate surface area is 176 Å². The largest absolute Gasteiger partial charge is 0.358 e. The molecule has 1 aliphatic heterocycles. The zero-order chi connectivity index (χ0) is 21.0. The van der Waals surface area contributed by atoms with E-state index in [2.05, 4.69) is 10.3 Å². The first kappa shape index (κ1) is 19.8. The number of amides is 2. The summed E-state index contributed by atoms with van der Waals surface area (Å²) >= 11 is 0. The van der Waals surface area contributed by atoms with E-state index < -0.39 is 5.41 Å². The van der Waals surface area contributed by atoms with Crippen LogP contribution in [0.1, 0.15) is 28.9 Å². The van der Waals surface area contributed by atoms with Crippen molar-refractivity contribution >= 4 is 11.8 Å². The number of aromatic nitrogens is 1. The number of piperidine rings is 1. The Bertz CT molecular complexity index is 1040. The van der Waals surface area contributed by atoms with Crippen molar-refractivity contribution in [1.29, 1.82) is 0 Å². The van der Waals surface area contributed by atoms with Gasteiger partial charge in [-0.2, -0.15) is 0 Å². The fourth-order valence-electron chi connectivity index (χ4n) is 4.33. The van der Waals surface area contributed by atoms with Crippen molar-refractivity contribution in [3.8, 4) is 11.1 Å². The maximum atomic E-state index is 13.6. The molecule has 1 N–H and O–H groups in total. The zero-order valence-corrected chi connectivity index (χ0v) is 17.0. The second-order valence-electron chi connectivity index (χ2n) is 7.62. The molecule has 1 atom stereocenters. The van der Waals surface area contributed by atoms with E-state index in [-0.39, 0.29) is 11.8 Å². The van der Waals surface area contributed by atoms with Crippen molar-refractivity contribution in [3.05, 3.63) is 90.3 Å². The molecule has 5 nitrogen and oxygen atoms in total. The highest BCUT2D eigenvalue weighted by atomic mass is 16.2. The summed E-state index contributed by atoms with van der Waals surface area (Å²) < 4.78 is 0. The molecule has 0 saturated carbocycles. The lowest BCUT2D eigenvalue weighted by atomic mass is 9.75. The van der Waals surface area contributed by atoms with E-state index in [4.69, 9.17) is 0 Å². The third-order valence-electron chi connectivity index (χ3n) is 5.84. The molecule has 0 aliphatic carbocycles. The van der Waals surface area contributed by atoms with E-state index in [0.29, 0.717) is 30.8 Å². The summed E-state index contributed by atoms with van der Waals surface area (Å²) in [5, 5.41) is 2.79. The van der Waals surface area contributed by atoms with Crippen LogP contribution in [-0.2, 0) is 10.2 Å². The van der Waals surface area contributed by atoms with E-state index in [0.717, 1.165) is 17.5 Å². The molecule has 4 rings (SSSR count). The fourth-order valence-corrected chi connectivity index (χ4v) is 4.33. The molecule has 1 aliphatic rings. The Balaban J connectivity index is 1.70. The monoisotopic (exact) mass is 399 g/mol. The summed E-state index contributed by atoms with van der Waals surface area (Å²) in [6.45, 7) is 0.930. The van der Waals surface area contributed by atoms with Gasteiger partial charge in [-0.25, -0.2) is 0 Å². The third kappa shape index (κ3) is 3.59. The summed E-state index contributed by atoms with van der Waals surface area (Å²) in [4.78, 5) is 32.9. The number of likely N-dealkylation sites (tertiary alicyclic amines) is 1. The van der Waals surface area contributed by atoms with E-state index in [9.17, 15) is 9.59 Å². The number of nitrogens with zero attached hydrogens (tertiary/aromatic N) is 2. The van der Waals surface area contributed by atoms with Crippen molar-refractivity contribution < 1.29 is 9.59 Å². The Morgan fingerprint density at radius 2 is 1.70 bits per heavy atom. The van der Waals surface area contributed by atoms with Crippen molar-refractivity contribution in [2.24, 2.45) is 0 Å². The Hall–Kier alpha value is -3.47. The first-order chi connectivity index (χ1) is 14.7. The molecule has 0 bridgehead atoms. The molecule has 1 fully saturated rings. The van der Waals surface area contributed by atoms with Crippen LogP contribution >= 0.6 is 0 Å². The number of pyridine rings is 1. The van der Waals surface area contributed by atoms with E-state index >= 15 is 0 Å². The molecular formula is C25H25N3O2. The molecular weight excluding hydrogens is 374 g/mol. The summed E-state index contributed by atoms with van der Waals surface area (Å²) in [5.74, 6) is -0.159. The first-order valence-corrected chi connectivity index (χ1v) is 10.2. The second kappa shape index (κ2) is 8.49. The quantitative estimate of drug-likeness (QED) is 0.728. The molecule has 1 saturated heterocycles. The molecule has 5 heteroatoms. The molecule has 3 aromatic rings. The highest BCUT2D eigenvalue weighted by molar-refractivity contribution is 6.01. The Morgan fingerprint density at radius 1 is 0.967 bits per heavy atom. The van der Waals surface area contributed by atoms with Crippen LogP contribution in [0.3, 0.4) is 0 Å². The van der Waals surface area contributed by atoms with Crippen molar-refractivity contribution in [1.82, 2.24) is 15.2 Å². The van der Waals surface area contributed by atoms with Gasteiger partial charge in [-0.1, -0.05) is 54.6 Å². The van der Waals surface area contributed by atoms with Crippen LogP contribution in [0.15, 0.2) is 79.0 Å². The second-order valence-corrected chi connectivity index (χ2v) is 7.62. The number of hydrogen-bond acceptors (Lipinski definition) is 3. The highest BCUT2D eigenvalue weighted by Crippen LogP contribution is 2.35. The van der Waals surface area contributed by atoms with Gasteiger partial charge in [0.2, 0.25) is 5.91 Å². The predicted molar refractivity (Wildman–Crippen MR) is 117 cm³/mol. The standard InChI is InChI=1S/C25H25N3O2/c1-26-24(30)25(22-14-7-8-16-27-22)15-9-17-28(18-25)23(29)21-13-6-5-12-20(21)19-10-3-2-4-11-19/h2-8,10-14,16H,9,15,17-18H2,1H3,(H,26,30)/t25-/m1/s1. The van der Waals surface area contributed by atoms with Crippen LogP contribution in [-0.4, -0.2) is 41.8 Å². The number of carbonyl (C=O) groups excluding carboxylic acids is 2. The van der Waals surface area contributed by atoms with Gasteiger partial charge in [-0.15, -0.1) is 0 Å². The molecule has 2 aromatic carbocycles. The first-order valence-electron chi connectivity index (χ1n) is 10.2. The van der Waals surface area contributed by atoms with Crippen molar-refractivity contribution in [2.45, 2.75) is 18.3 Å². The van der Waals surface area contributed by atoms with Crippen LogP contribution in [0.25, 0.3) is 11.1 Å². The van der Waals surface area contributed by atoms with Gasteiger partial charge in [0, 0.05) is 31.9 Å². The summed E-state index contributed by atoms with van der Waals surface area (Å²) in [6.07, 6.45) is 3.10. The third-order valence-corrected chi connectivity index (χ3v) is 5.84. The summed E-state index contributed by atoms with van der Waals surface area (Å²) in [6, 6.07) is 23.2. The van der Waals surface area contributed by atoms with Gasteiger partial charge >= 0.3 is 0 Å². The number of likely N-dealkylation sites (N-methyl/N-ethyl adjacent to an activating group) is 1. The van der Waals surface area contributed by atoms with Gasteiger partial charge in [0.05, 0.1) is 5.69 Å². The molecule has 2 heterocycles. The number of hydrogen-bond donors (Lipinski definition) is 1. The minimum atomic E-state index is -0.842. The van der Waals surface area contributed by atoms with Crippen molar-refractivity contribution in [3.63, 3.8) is 0 Å². The summed E-state index contributed by atoms with van der Waals surface area (Å²) in [7, 11) is 1.64. The normalized spacial score (nSPS) is 18.6. The molecule has 0 spiro atoms. The van der Waals surface area contributed by atoms with Crippen molar-refractivity contribution in [2.75, 3.05) is 20.1 Å². The zero-order valence-electron chi connectivity index (χ0n) is 17.0. The predicted octanol–water partition coefficient (Wildman–Crippen LogP) is 3.67. The van der Waals surface area contributed by atoms with Crippen LogP contribution in [0.2, 0.25) is 0 Å².